The summed E-state index contributed by atoms with van der Waals surface area (Å²) >= 11 is 12.1. The van der Waals surface area contributed by atoms with Crippen LogP contribution in [-0.2, 0) is 19.7 Å². The molecule has 5 heteroatoms. The molecule has 0 unspecified atom stereocenters. The van der Waals surface area contributed by atoms with Crippen molar-refractivity contribution in [3.63, 3.8) is 0 Å². The van der Waals surface area contributed by atoms with Gasteiger partial charge >= 0.3 is 0 Å². The standard InChI is InChI=1S/C23H19Cl2NO2/c24-21-9-7-16(12-22(21)25)15-28-23-10-8-17-4-1-2-6-19(17)20(23)14-26-13-18-5-3-11-27-18/h1-12,26H,13-15H2. The summed E-state index contributed by atoms with van der Waals surface area (Å²) in [7, 11) is 0. The van der Waals surface area contributed by atoms with E-state index in [0.717, 1.165) is 22.6 Å². The lowest BCUT2D eigenvalue weighted by Crippen LogP contribution is -2.13. The van der Waals surface area contributed by atoms with Crippen LogP contribution < -0.4 is 10.1 Å². The van der Waals surface area contributed by atoms with Gasteiger partial charge in [0, 0.05) is 12.1 Å². The van der Waals surface area contributed by atoms with E-state index in [2.05, 4.69) is 23.5 Å². The predicted octanol–water partition coefficient (Wildman–Crippen LogP) is 6.61. The first-order chi connectivity index (χ1) is 13.7. The molecule has 1 N–H and O–H groups in total. The van der Waals surface area contributed by atoms with Crippen LogP contribution in [0.25, 0.3) is 10.8 Å². The number of benzene rings is 3. The van der Waals surface area contributed by atoms with Gasteiger partial charge in [0.05, 0.1) is 22.9 Å². The first-order valence-corrected chi connectivity index (χ1v) is 9.77. The molecule has 3 aromatic carbocycles. The van der Waals surface area contributed by atoms with Crippen LogP contribution >= 0.6 is 23.2 Å². The van der Waals surface area contributed by atoms with Crippen LogP contribution in [-0.4, -0.2) is 0 Å². The molecule has 1 aromatic heterocycles. The van der Waals surface area contributed by atoms with Crippen molar-refractivity contribution in [2.24, 2.45) is 0 Å². The molecule has 0 fully saturated rings. The highest BCUT2D eigenvalue weighted by Crippen LogP contribution is 2.29. The molecule has 0 aliphatic carbocycles. The minimum atomic E-state index is 0.417. The molecule has 0 atom stereocenters. The number of hydrogen-bond donors (Lipinski definition) is 1. The summed E-state index contributed by atoms with van der Waals surface area (Å²) in [5, 5.41) is 6.86. The Morgan fingerprint density at radius 3 is 2.57 bits per heavy atom. The molecule has 0 spiro atoms. The minimum absolute atomic E-state index is 0.417. The minimum Gasteiger partial charge on any atom is -0.489 e. The normalized spacial score (nSPS) is 11.1. The van der Waals surface area contributed by atoms with Gasteiger partial charge in [-0.05, 0) is 46.7 Å². The predicted molar refractivity (Wildman–Crippen MR) is 114 cm³/mol. The Hall–Kier alpha value is -2.46. The van der Waals surface area contributed by atoms with Gasteiger partial charge in [0.15, 0.2) is 0 Å². The molecule has 0 amide bonds. The SMILES string of the molecule is Clc1ccc(COc2ccc3ccccc3c2CNCc2ccco2)cc1Cl. The molecule has 0 aliphatic heterocycles. The van der Waals surface area contributed by atoms with Crippen molar-refractivity contribution in [2.75, 3.05) is 0 Å². The van der Waals surface area contributed by atoms with E-state index in [1.54, 1.807) is 12.3 Å². The number of furan rings is 1. The first-order valence-electron chi connectivity index (χ1n) is 9.01. The molecule has 142 valence electrons. The zero-order valence-corrected chi connectivity index (χ0v) is 16.6. The topological polar surface area (TPSA) is 34.4 Å². The largest absolute Gasteiger partial charge is 0.489 e. The van der Waals surface area contributed by atoms with Gasteiger partial charge in [0.1, 0.15) is 18.1 Å². The molecule has 0 aliphatic rings. The molecule has 1 heterocycles. The van der Waals surface area contributed by atoms with Crippen molar-refractivity contribution in [1.29, 1.82) is 0 Å². The smallest absolute Gasteiger partial charge is 0.124 e. The van der Waals surface area contributed by atoms with Gasteiger partial charge in [-0.15, -0.1) is 0 Å². The van der Waals surface area contributed by atoms with E-state index in [-0.39, 0.29) is 0 Å². The second kappa shape index (κ2) is 8.70. The van der Waals surface area contributed by atoms with Gasteiger partial charge in [0.2, 0.25) is 0 Å². The van der Waals surface area contributed by atoms with Crippen LogP contribution in [0.5, 0.6) is 5.75 Å². The Kier molecular flexibility index (Phi) is 5.87. The van der Waals surface area contributed by atoms with E-state index in [9.17, 15) is 0 Å². The second-order valence-electron chi connectivity index (χ2n) is 6.48. The maximum absolute atomic E-state index is 6.15. The van der Waals surface area contributed by atoms with Gasteiger partial charge < -0.3 is 14.5 Å². The average molecular weight is 412 g/mol. The van der Waals surface area contributed by atoms with Gasteiger partial charge in [-0.1, -0.05) is 59.6 Å². The summed E-state index contributed by atoms with van der Waals surface area (Å²) in [5.41, 5.74) is 2.08. The van der Waals surface area contributed by atoms with Crippen molar-refractivity contribution >= 4 is 34.0 Å². The lowest BCUT2D eigenvalue weighted by molar-refractivity contribution is 0.302. The number of rotatable bonds is 7. The molecule has 0 saturated heterocycles. The molecule has 0 radical (unpaired) electrons. The van der Waals surface area contributed by atoms with E-state index in [4.69, 9.17) is 32.4 Å². The third kappa shape index (κ3) is 4.33. The van der Waals surface area contributed by atoms with E-state index in [1.807, 2.05) is 42.5 Å². The summed E-state index contributed by atoms with van der Waals surface area (Å²) in [6.07, 6.45) is 1.68. The van der Waals surface area contributed by atoms with Gasteiger partial charge in [-0.3, -0.25) is 0 Å². The average Bonchev–Trinajstić information content (AvgIpc) is 3.23. The van der Waals surface area contributed by atoms with Crippen molar-refractivity contribution in [3.8, 4) is 5.75 Å². The molecule has 4 aromatic rings. The van der Waals surface area contributed by atoms with Crippen molar-refractivity contribution in [3.05, 3.63) is 99.9 Å². The zero-order valence-electron chi connectivity index (χ0n) is 15.1. The number of fused-ring (bicyclic) bond motifs is 1. The van der Waals surface area contributed by atoms with Crippen LogP contribution in [0.4, 0.5) is 0 Å². The molecular weight excluding hydrogens is 393 g/mol. The highest BCUT2D eigenvalue weighted by molar-refractivity contribution is 6.42. The molecular formula is C23H19Cl2NO2. The summed E-state index contributed by atoms with van der Waals surface area (Å²) in [6.45, 7) is 1.74. The number of nitrogens with one attached hydrogen (secondary N) is 1. The second-order valence-corrected chi connectivity index (χ2v) is 7.30. The highest BCUT2D eigenvalue weighted by atomic mass is 35.5. The fourth-order valence-electron chi connectivity index (χ4n) is 3.15. The van der Waals surface area contributed by atoms with E-state index < -0.39 is 0 Å². The van der Waals surface area contributed by atoms with E-state index >= 15 is 0 Å². The molecule has 0 bridgehead atoms. The summed E-state index contributed by atoms with van der Waals surface area (Å²) < 4.78 is 11.5. The van der Waals surface area contributed by atoms with Crippen LogP contribution in [0.15, 0.2) is 77.4 Å². The van der Waals surface area contributed by atoms with Gasteiger partial charge in [0.25, 0.3) is 0 Å². The van der Waals surface area contributed by atoms with Crippen LogP contribution in [0.2, 0.25) is 10.0 Å². The fourth-order valence-corrected chi connectivity index (χ4v) is 3.47. The Balaban J connectivity index is 1.56. The van der Waals surface area contributed by atoms with Crippen LogP contribution in [0.1, 0.15) is 16.9 Å². The van der Waals surface area contributed by atoms with Gasteiger partial charge in [-0.25, -0.2) is 0 Å². The van der Waals surface area contributed by atoms with Crippen molar-refractivity contribution in [1.82, 2.24) is 5.32 Å². The monoisotopic (exact) mass is 411 g/mol. The molecule has 28 heavy (non-hydrogen) atoms. The molecule has 4 rings (SSSR count). The third-order valence-electron chi connectivity index (χ3n) is 4.56. The summed E-state index contributed by atoms with van der Waals surface area (Å²) in [5.74, 6) is 1.75. The number of ether oxygens (including phenoxy) is 1. The number of halogens is 2. The summed E-state index contributed by atoms with van der Waals surface area (Å²) in [6, 6.07) is 21.8. The maximum Gasteiger partial charge on any atom is 0.124 e. The zero-order chi connectivity index (χ0) is 19.3. The number of hydrogen-bond acceptors (Lipinski definition) is 3. The Bertz CT molecular complexity index is 1080. The quantitative estimate of drug-likeness (QED) is 0.371. The van der Waals surface area contributed by atoms with E-state index in [1.165, 1.54) is 10.8 Å². The highest BCUT2D eigenvalue weighted by Gasteiger charge is 2.10. The van der Waals surface area contributed by atoms with E-state index in [0.29, 0.717) is 29.7 Å². The lowest BCUT2D eigenvalue weighted by atomic mass is 10.0. The third-order valence-corrected chi connectivity index (χ3v) is 5.30. The Morgan fingerprint density at radius 2 is 1.75 bits per heavy atom. The van der Waals surface area contributed by atoms with Crippen LogP contribution in [0.3, 0.4) is 0 Å². The first kappa shape index (κ1) is 18.9. The summed E-state index contributed by atoms with van der Waals surface area (Å²) in [4.78, 5) is 0. The lowest BCUT2D eigenvalue weighted by Gasteiger charge is -2.15. The van der Waals surface area contributed by atoms with Crippen molar-refractivity contribution in [2.45, 2.75) is 19.7 Å². The maximum atomic E-state index is 6.15. The molecule has 0 saturated carbocycles. The molecule has 3 nitrogen and oxygen atoms in total. The Labute approximate surface area is 173 Å². The fraction of sp³-hybridized carbons (Fsp3) is 0.130. The Morgan fingerprint density at radius 1 is 0.857 bits per heavy atom. The van der Waals surface area contributed by atoms with Crippen molar-refractivity contribution < 1.29 is 9.15 Å². The van der Waals surface area contributed by atoms with Gasteiger partial charge in [-0.2, -0.15) is 0 Å². The van der Waals surface area contributed by atoms with Crippen LogP contribution in [0, 0.1) is 0 Å².